The number of benzene rings is 2. The molecule has 1 aliphatic rings. The lowest BCUT2D eigenvalue weighted by Crippen LogP contribution is -2.50. The molecule has 0 spiro atoms. The SMILES string of the molecule is CCC=CCC=CCC=CCC=CCC=CCCCC(=O)N1CC[C@H](NC(=O)C(C)(C)Oc2ccc(C(=O)c3ccc(Cl)cc3)cc2)C1. The maximum atomic E-state index is 13.1. The minimum Gasteiger partial charge on any atom is -0.478 e. The van der Waals surface area contributed by atoms with Crippen LogP contribution in [0.4, 0.5) is 0 Å². The fourth-order valence-corrected chi connectivity index (χ4v) is 5.27. The van der Waals surface area contributed by atoms with Crippen LogP contribution in [-0.4, -0.2) is 47.2 Å². The van der Waals surface area contributed by atoms with E-state index < -0.39 is 5.60 Å². The molecule has 1 saturated heterocycles. The molecule has 7 heteroatoms. The molecule has 0 saturated carbocycles. The molecule has 256 valence electrons. The third-order valence-electron chi connectivity index (χ3n) is 7.94. The van der Waals surface area contributed by atoms with Crippen LogP contribution in [-0.2, 0) is 9.59 Å². The fraction of sp³-hybridized carbons (Fsp3) is 0.390. The molecule has 0 unspecified atom stereocenters. The predicted octanol–water partition coefficient (Wildman–Crippen LogP) is 9.37. The predicted molar refractivity (Wildman–Crippen MR) is 197 cm³/mol. The highest BCUT2D eigenvalue weighted by atomic mass is 35.5. The smallest absolute Gasteiger partial charge is 0.263 e. The summed E-state index contributed by atoms with van der Waals surface area (Å²) in [7, 11) is 0. The Labute approximate surface area is 292 Å². The van der Waals surface area contributed by atoms with Gasteiger partial charge in [0.25, 0.3) is 5.91 Å². The summed E-state index contributed by atoms with van der Waals surface area (Å²) in [5, 5.41) is 3.63. The van der Waals surface area contributed by atoms with E-state index in [1.165, 1.54) is 0 Å². The van der Waals surface area contributed by atoms with Gasteiger partial charge in [-0.1, -0.05) is 79.3 Å². The third kappa shape index (κ3) is 13.9. The number of ketones is 1. The molecule has 48 heavy (non-hydrogen) atoms. The minimum absolute atomic E-state index is 0.116. The topological polar surface area (TPSA) is 75.7 Å². The molecule has 0 bridgehead atoms. The van der Waals surface area contributed by atoms with Gasteiger partial charge in [0, 0.05) is 41.7 Å². The highest BCUT2D eigenvalue weighted by molar-refractivity contribution is 6.30. The van der Waals surface area contributed by atoms with Gasteiger partial charge < -0.3 is 15.0 Å². The van der Waals surface area contributed by atoms with Gasteiger partial charge >= 0.3 is 0 Å². The summed E-state index contributed by atoms with van der Waals surface area (Å²) in [6, 6.07) is 13.4. The van der Waals surface area contributed by atoms with Gasteiger partial charge in [0.2, 0.25) is 5.91 Å². The number of hydrogen-bond donors (Lipinski definition) is 1. The maximum Gasteiger partial charge on any atom is 0.263 e. The van der Waals surface area contributed by atoms with Gasteiger partial charge in [0.15, 0.2) is 11.4 Å². The van der Waals surface area contributed by atoms with Crippen molar-refractivity contribution in [1.82, 2.24) is 10.2 Å². The number of allylic oxidation sites excluding steroid dienone is 10. The van der Waals surface area contributed by atoms with E-state index in [9.17, 15) is 14.4 Å². The summed E-state index contributed by atoms with van der Waals surface area (Å²) >= 11 is 5.93. The van der Waals surface area contributed by atoms with Crippen LogP contribution in [0.3, 0.4) is 0 Å². The molecule has 1 aliphatic heterocycles. The summed E-state index contributed by atoms with van der Waals surface area (Å²) in [6.07, 6.45) is 29.6. The molecule has 1 heterocycles. The molecule has 3 rings (SSSR count). The van der Waals surface area contributed by atoms with Crippen LogP contribution in [0.25, 0.3) is 0 Å². The number of carbonyl (C=O) groups is 3. The third-order valence-corrected chi connectivity index (χ3v) is 8.19. The van der Waals surface area contributed by atoms with E-state index in [4.69, 9.17) is 16.3 Å². The maximum absolute atomic E-state index is 13.1. The zero-order valence-electron chi connectivity index (χ0n) is 28.7. The Hall–Kier alpha value is -4.16. The first-order valence-electron chi connectivity index (χ1n) is 17.1. The number of nitrogens with one attached hydrogen (secondary N) is 1. The van der Waals surface area contributed by atoms with Crippen molar-refractivity contribution in [3.63, 3.8) is 0 Å². The van der Waals surface area contributed by atoms with Crippen LogP contribution in [0.15, 0.2) is 109 Å². The summed E-state index contributed by atoms with van der Waals surface area (Å²) in [4.78, 5) is 40.5. The average Bonchev–Trinajstić information content (AvgIpc) is 3.55. The molecular weight excluding hydrogens is 620 g/mol. The van der Waals surface area contributed by atoms with Gasteiger partial charge in [-0.15, -0.1) is 0 Å². The van der Waals surface area contributed by atoms with Crippen LogP contribution in [0.1, 0.15) is 94.5 Å². The molecule has 1 N–H and O–H groups in total. The molecule has 1 atom stereocenters. The number of amides is 2. The summed E-state index contributed by atoms with van der Waals surface area (Å²) < 4.78 is 6.01. The Morgan fingerprint density at radius 3 is 1.90 bits per heavy atom. The second kappa shape index (κ2) is 20.9. The highest BCUT2D eigenvalue weighted by Crippen LogP contribution is 2.22. The number of ether oxygens (including phenoxy) is 1. The fourth-order valence-electron chi connectivity index (χ4n) is 5.14. The van der Waals surface area contributed by atoms with Crippen molar-refractivity contribution < 1.29 is 19.1 Å². The van der Waals surface area contributed by atoms with Crippen molar-refractivity contribution in [2.24, 2.45) is 0 Å². The molecule has 0 radical (unpaired) electrons. The van der Waals surface area contributed by atoms with Crippen LogP contribution < -0.4 is 10.1 Å². The Balaban J connectivity index is 1.29. The van der Waals surface area contributed by atoms with Gasteiger partial charge in [-0.2, -0.15) is 0 Å². The number of halogens is 1. The van der Waals surface area contributed by atoms with Crippen molar-refractivity contribution in [2.75, 3.05) is 13.1 Å². The standard InChI is InChI=1S/C41H51ClN2O4/c1-4-5-6-7-8-9-10-11-12-13-14-15-16-17-18-19-20-21-38(45)44-31-30-36(32-44)43-40(47)41(2,3)48-37-28-24-34(25-29-37)39(46)33-22-26-35(42)27-23-33/h5-6,8-9,11-12,14-15,17-18,22-29,36H,4,7,10,13,16,19-21,30-32H2,1-3H3,(H,43,47)/t36-/m0/s1. The highest BCUT2D eigenvalue weighted by Gasteiger charge is 2.34. The van der Waals surface area contributed by atoms with E-state index in [2.05, 4.69) is 73.0 Å². The van der Waals surface area contributed by atoms with Crippen molar-refractivity contribution >= 4 is 29.2 Å². The summed E-state index contributed by atoms with van der Waals surface area (Å²) in [6.45, 7) is 6.70. The second-order valence-corrected chi connectivity index (χ2v) is 12.8. The van der Waals surface area contributed by atoms with E-state index in [0.29, 0.717) is 47.8 Å². The largest absolute Gasteiger partial charge is 0.478 e. The van der Waals surface area contributed by atoms with E-state index in [-0.39, 0.29) is 23.6 Å². The average molecular weight is 671 g/mol. The lowest BCUT2D eigenvalue weighted by Gasteiger charge is -2.27. The Kier molecular flexibility index (Phi) is 16.7. The van der Waals surface area contributed by atoms with Crippen molar-refractivity contribution in [1.29, 1.82) is 0 Å². The van der Waals surface area contributed by atoms with Gasteiger partial charge in [-0.25, -0.2) is 0 Å². The molecule has 2 aromatic rings. The quantitative estimate of drug-likeness (QED) is 0.0918. The Morgan fingerprint density at radius 1 is 0.812 bits per heavy atom. The molecule has 2 amide bonds. The lowest BCUT2D eigenvalue weighted by atomic mass is 10.0. The molecule has 0 aromatic heterocycles. The Morgan fingerprint density at radius 2 is 1.33 bits per heavy atom. The van der Waals surface area contributed by atoms with Gasteiger partial charge in [-0.3, -0.25) is 14.4 Å². The van der Waals surface area contributed by atoms with Crippen molar-refractivity contribution in [3.8, 4) is 5.75 Å². The number of unbranched alkanes of at least 4 members (excludes halogenated alkanes) is 1. The van der Waals surface area contributed by atoms with E-state index in [1.54, 1.807) is 62.4 Å². The number of rotatable bonds is 19. The number of hydrogen-bond acceptors (Lipinski definition) is 4. The molecule has 0 aliphatic carbocycles. The zero-order valence-corrected chi connectivity index (χ0v) is 29.5. The number of likely N-dealkylation sites (tertiary alicyclic amines) is 1. The zero-order chi connectivity index (χ0) is 34.6. The summed E-state index contributed by atoms with van der Waals surface area (Å²) in [5.41, 5.74) is -0.0805. The monoisotopic (exact) mass is 670 g/mol. The van der Waals surface area contributed by atoms with Crippen molar-refractivity contribution in [3.05, 3.63) is 125 Å². The first kappa shape index (κ1) is 38.3. The molecule has 2 aromatic carbocycles. The van der Waals surface area contributed by atoms with Crippen molar-refractivity contribution in [2.45, 2.75) is 90.2 Å². The molecule has 1 fully saturated rings. The minimum atomic E-state index is -1.14. The Bertz CT molecular complexity index is 1450. The molecule has 6 nitrogen and oxygen atoms in total. The summed E-state index contributed by atoms with van der Waals surface area (Å²) in [5.74, 6) is 0.243. The van der Waals surface area contributed by atoms with Crippen LogP contribution in [0.5, 0.6) is 5.75 Å². The molecular formula is C41H51ClN2O4. The van der Waals surface area contributed by atoms with Crippen LogP contribution in [0, 0.1) is 0 Å². The van der Waals surface area contributed by atoms with E-state index >= 15 is 0 Å². The van der Waals surface area contributed by atoms with Gasteiger partial charge in [-0.05, 0) is 114 Å². The first-order chi connectivity index (χ1) is 23.2. The van der Waals surface area contributed by atoms with Crippen LogP contribution in [0.2, 0.25) is 5.02 Å². The van der Waals surface area contributed by atoms with E-state index in [1.807, 2.05) is 4.90 Å². The lowest BCUT2D eigenvalue weighted by molar-refractivity contribution is -0.135. The van der Waals surface area contributed by atoms with Gasteiger partial charge in [0.1, 0.15) is 5.75 Å². The van der Waals surface area contributed by atoms with Crippen LogP contribution >= 0.6 is 11.6 Å². The number of nitrogens with zero attached hydrogens (tertiary/aromatic N) is 1. The van der Waals surface area contributed by atoms with Gasteiger partial charge in [0.05, 0.1) is 0 Å². The number of carbonyl (C=O) groups excluding carboxylic acids is 3. The van der Waals surface area contributed by atoms with E-state index in [0.717, 1.165) is 44.9 Å². The second-order valence-electron chi connectivity index (χ2n) is 12.4. The first-order valence-corrected chi connectivity index (χ1v) is 17.5. The normalized spacial score (nSPS) is 15.5.